The zero-order chi connectivity index (χ0) is 7.40. The lowest BCUT2D eigenvalue weighted by molar-refractivity contribution is -0.130. The molecule has 1 saturated heterocycles. The topological polar surface area (TPSA) is 43.6 Å². The lowest BCUT2D eigenvalue weighted by Gasteiger charge is -2.23. The van der Waals surface area contributed by atoms with Gasteiger partial charge < -0.3 is 9.84 Å². The van der Waals surface area contributed by atoms with Crippen molar-refractivity contribution in [1.82, 2.24) is 5.32 Å². The Kier molecular flexibility index (Phi) is 3.12. The van der Waals surface area contributed by atoms with E-state index in [2.05, 4.69) is 5.32 Å². The summed E-state index contributed by atoms with van der Waals surface area (Å²) in [6, 6.07) is 0. The number of nitrogens with zero attached hydrogens (tertiary/aromatic N) is 1. The predicted molar refractivity (Wildman–Crippen MR) is 37.7 cm³/mol. The highest BCUT2D eigenvalue weighted by molar-refractivity contribution is 4.67. The summed E-state index contributed by atoms with van der Waals surface area (Å²) in [5.41, 5.74) is 0. The smallest absolute Gasteiger partial charge is 0.152 e. The van der Waals surface area contributed by atoms with Crippen LogP contribution in [-0.4, -0.2) is 30.6 Å². The number of hydrogen-bond acceptors (Lipinski definition) is 2. The number of aliphatic hydroxyl groups excluding tert-OH is 1. The third-order valence-corrected chi connectivity index (χ3v) is 1.61. The molecule has 3 heteroatoms. The molecular formula is C7H14NO2. The standard InChI is InChI=1S/C7H14NO2/c1-6(9)10-7-2-4-8-5-3-7/h6-7,9H,2-5H2,1H3. The Hall–Kier alpha value is -0.120. The van der Waals surface area contributed by atoms with E-state index in [0.29, 0.717) is 0 Å². The highest BCUT2D eigenvalue weighted by Gasteiger charge is 2.15. The fourth-order valence-corrected chi connectivity index (χ4v) is 1.14. The SMILES string of the molecule is CC(O)OC1CC[N]CC1. The van der Waals surface area contributed by atoms with Crippen LogP contribution in [0.1, 0.15) is 19.8 Å². The zero-order valence-corrected chi connectivity index (χ0v) is 6.29. The Labute approximate surface area is 61.4 Å². The first-order valence-corrected chi connectivity index (χ1v) is 3.76. The molecule has 0 spiro atoms. The number of rotatable bonds is 2. The van der Waals surface area contributed by atoms with Crippen LogP contribution in [0.25, 0.3) is 0 Å². The molecule has 0 aliphatic carbocycles. The molecule has 10 heavy (non-hydrogen) atoms. The maximum atomic E-state index is 8.85. The van der Waals surface area contributed by atoms with Crippen LogP contribution in [0.4, 0.5) is 0 Å². The summed E-state index contributed by atoms with van der Waals surface area (Å²) in [5, 5.41) is 13.0. The summed E-state index contributed by atoms with van der Waals surface area (Å²) in [5.74, 6) is 0. The second-order valence-corrected chi connectivity index (χ2v) is 2.61. The van der Waals surface area contributed by atoms with E-state index in [-0.39, 0.29) is 6.10 Å². The minimum atomic E-state index is -0.622. The van der Waals surface area contributed by atoms with Gasteiger partial charge in [-0.2, -0.15) is 0 Å². The minimum Gasteiger partial charge on any atom is -0.368 e. The molecule has 0 amide bonds. The van der Waals surface area contributed by atoms with Crippen molar-refractivity contribution in [2.45, 2.75) is 32.2 Å². The largest absolute Gasteiger partial charge is 0.368 e. The molecule has 1 N–H and O–H groups in total. The highest BCUT2D eigenvalue weighted by atomic mass is 16.6. The molecular weight excluding hydrogens is 130 g/mol. The predicted octanol–water partition coefficient (Wildman–Crippen LogP) is 0.108. The summed E-state index contributed by atoms with van der Waals surface area (Å²) < 4.78 is 5.19. The molecule has 1 fully saturated rings. The van der Waals surface area contributed by atoms with Crippen LogP contribution < -0.4 is 5.32 Å². The Morgan fingerprint density at radius 1 is 1.50 bits per heavy atom. The average molecular weight is 144 g/mol. The van der Waals surface area contributed by atoms with Crippen molar-refractivity contribution in [1.29, 1.82) is 0 Å². The monoisotopic (exact) mass is 144 g/mol. The molecule has 0 bridgehead atoms. The maximum absolute atomic E-state index is 8.85. The zero-order valence-electron chi connectivity index (χ0n) is 6.29. The number of ether oxygens (including phenoxy) is 1. The summed E-state index contributed by atoms with van der Waals surface area (Å²) in [6.07, 6.45) is 1.54. The van der Waals surface area contributed by atoms with Crippen molar-refractivity contribution in [2.75, 3.05) is 13.1 Å². The number of hydrogen-bond donors (Lipinski definition) is 1. The van der Waals surface area contributed by atoms with Crippen molar-refractivity contribution in [3.63, 3.8) is 0 Å². The van der Waals surface area contributed by atoms with Gasteiger partial charge in [0.1, 0.15) is 0 Å². The van der Waals surface area contributed by atoms with Crippen molar-refractivity contribution in [2.24, 2.45) is 0 Å². The van der Waals surface area contributed by atoms with Gasteiger partial charge in [-0.3, -0.25) is 0 Å². The van der Waals surface area contributed by atoms with Gasteiger partial charge >= 0.3 is 0 Å². The van der Waals surface area contributed by atoms with Gasteiger partial charge in [-0.25, -0.2) is 5.32 Å². The lowest BCUT2D eigenvalue weighted by Crippen LogP contribution is -2.30. The molecule has 0 saturated carbocycles. The minimum absolute atomic E-state index is 0.234. The third-order valence-electron chi connectivity index (χ3n) is 1.61. The fourth-order valence-electron chi connectivity index (χ4n) is 1.14. The molecule has 1 unspecified atom stereocenters. The van der Waals surface area contributed by atoms with Gasteiger partial charge in [0.05, 0.1) is 6.10 Å². The summed E-state index contributed by atoms with van der Waals surface area (Å²) in [4.78, 5) is 0. The molecule has 1 atom stereocenters. The van der Waals surface area contributed by atoms with E-state index in [9.17, 15) is 0 Å². The van der Waals surface area contributed by atoms with E-state index in [1.807, 2.05) is 0 Å². The van der Waals surface area contributed by atoms with Crippen LogP contribution >= 0.6 is 0 Å². The van der Waals surface area contributed by atoms with E-state index in [1.54, 1.807) is 6.92 Å². The fraction of sp³-hybridized carbons (Fsp3) is 1.00. The third kappa shape index (κ3) is 2.64. The lowest BCUT2D eigenvalue weighted by atomic mass is 10.1. The van der Waals surface area contributed by atoms with Crippen LogP contribution in [0.15, 0.2) is 0 Å². The van der Waals surface area contributed by atoms with Gasteiger partial charge in [-0.15, -0.1) is 0 Å². The second-order valence-electron chi connectivity index (χ2n) is 2.61. The normalized spacial score (nSPS) is 24.6. The Morgan fingerprint density at radius 3 is 2.60 bits per heavy atom. The van der Waals surface area contributed by atoms with Gasteiger partial charge in [-0.1, -0.05) is 0 Å². The van der Waals surface area contributed by atoms with E-state index >= 15 is 0 Å². The van der Waals surface area contributed by atoms with Crippen LogP contribution in [0.2, 0.25) is 0 Å². The molecule has 1 aliphatic heterocycles. The Bertz CT molecular complexity index is 89.6. The molecule has 59 valence electrons. The highest BCUT2D eigenvalue weighted by Crippen LogP contribution is 2.09. The van der Waals surface area contributed by atoms with Gasteiger partial charge in [0, 0.05) is 13.1 Å². The Morgan fingerprint density at radius 2 is 2.10 bits per heavy atom. The van der Waals surface area contributed by atoms with E-state index in [4.69, 9.17) is 9.84 Å². The first kappa shape index (κ1) is 7.98. The molecule has 1 rings (SSSR count). The van der Waals surface area contributed by atoms with E-state index < -0.39 is 6.29 Å². The van der Waals surface area contributed by atoms with Crippen molar-refractivity contribution < 1.29 is 9.84 Å². The van der Waals surface area contributed by atoms with Crippen molar-refractivity contribution in [3.8, 4) is 0 Å². The van der Waals surface area contributed by atoms with Crippen LogP contribution in [0.5, 0.6) is 0 Å². The first-order valence-electron chi connectivity index (χ1n) is 3.76. The van der Waals surface area contributed by atoms with E-state index in [1.165, 1.54) is 0 Å². The molecule has 1 radical (unpaired) electrons. The van der Waals surface area contributed by atoms with Gasteiger partial charge in [0.15, 0.2) is 6.29 Å². The van der Waals surface area contributed by atoms with Crippen LogP contribution in [0, 0.1) is 0 Å². The van der Waals surface area contributed by atoms with Crippen molar-refractivity contribution >= 4 is 0 Å². The Balaban J connectivity index is 2.13. The molecule has 1 heterocycles. The first-order chi connectivity index (χ1) is 4.79. The molecule has 0 aromatic carbocycles. The van der Waals surface area contributed by atoms with Crippen LogP contribution in [-0.2, 0) is 4.74 Å². The van der Waals surface area contributed by atoms with Gasteiger partial charge in [0.2, 0.25) is 0 Å². The van der Waals surface area contributed by atoms with E-state index in [0.717, 1.165) is 25.9 Å². The molecule has 0 aromatic rings. The molecule has 1 aliphatic rings. The van der Waals surface area contributed by atoms with Crippen molar-refractivity contribution in [3.05, 3.63) is 0 Å². The number of piperidine rings is 1. The second kappa shape index (κ2) is 3.91. The maximum Gasteiger partial charge on any atom is 0.152 e. The quantitative estimate of drug-likeness (QED) is 0.559. The molecule has 0 aromatic heterocycles. The summed E-state index contributed by atoms with van der Waals surface area (Å²) in [7, 11) is 0. The molecule has 3 nitrogen and oxygen atoms in total. The summed E-state index contributed by atoms with van der Waals surface area (Å²) >= 11 is 0. The van der Waals surface area contributed by atoms with Gasteiger partial charge in [0.25, 0.3) is 0 Å². The number of aliphatic hydroxyl groups is 1. The average Bonchev–Trinajstić information content (AvgIpc) is 1.88. The van der Waals surface area contributed by atoms with Crippen LogP contribution in [0.3, 0.4) is 0 Å². The van der Waals surface area contributed by atoms with Gasteiger partial charge in [-0.05, 0) is 19.8 Å². The summed E-state index contributed by atoms with van der Waals surface area (Å²) in [6.45, 7) is 3.42.